The number of hydrogen-bond acceptors (Lipinski definition) is 2. The van der Waals surface area contributed by atoms with Crippen LogP contribution < -0.4 is 5.73 Å². The van der Waals surface area contributed by atoms with Gasteiger partial charge in [-0.3, -0.25) is 0 Å². The Bertz CT molecular complexity index is 107. The van der Waals surface area contributed by atoms with E-state index in [1.54, 1.807) is 0 Å². The topological polar surface area (TPSA) is 46.2 Å². The van der Waals surface area contributed by atoms with Gasteiger partial charge in [0.15, 0.2) is 0 Å². The summed E-state index contributed by atoms with van der Waals surface area (Å²) in [5.74, 6) is 0.254. The minimum absolute atomic E-state index is 0.254. The van der Waals surface area contributed by atoms with Crippen LogP contribution in [0.1, 0.15) is 20.8 Å². The standard InChI is InChI=1S/C7H15NO/c1-5(2)7(9)6(3)4-8/h4-5,7,9H,8H2,1-3H3. The number of rotatable bonds is 2. The van der Waals surface area contributed by atoms with Gasteiger partial charge in [-0.2, -0.15) is 0 Å². The van der Waals surface area contributed by atoms with E-state index in [1.807, 2.05) is 20.8 Å². The SMILES string of the molecule is CC(=CN)C(O)C(C)C. The first kappa shape index (κ1) is 8.50. The normalized spacial score (nSPS) is 16.3. The zero-order chi connectivity index (χ0) is 7.44. The molecular weight excluding hydrogens is 114 g/mol. The molecule has 0 aromatic carbocycles. The molecule has 54 valence electrons. The second-order valence-electron chi connectivity index (χ2n) is 2.60. The van der Waals surface area contributed by atoms with Crippen molar-refractivity contribution in [2.75, 3.05) is 0 Å². The van der Waals surface area contributed by atoms with Crippen LogP contribution in [0.2, 0.25) is 0 Å². The third-order valence-electron chi connectivity index (χ3n) is 1.36. The van der Waals surface area contributed by atoms with Gasteiger partial charge in [-0.1, -0.05) is 13.8 Å². The van der Waals surface area contributed by atoms with Crippen molar-refractivity contribution in [1.82, 2.24) is 0 Å². The van der Waals surface area contributed by atoms with E-state index in [2.05, 4.69) is 0 Å². The molecule has 1 unspecified atom stereocenters. The molecule has 0 fully saturated rings. The van der Waals surface area contributed by atoms with Crippen LogP contribution in [-0.4, -0.2) is 11.2 Å². The molecule has 0 aliphatic heterocycles. The van der Waals surface area contributed by atoms with Gasteiger partial charge in [-0.05, 0) is 24.6 Å². The van der Waals surface area contributed by atoms with Gasteiger partial charge in [0.1, 0.15) is 0 Å². The Labute approximate surface area is 56.4 Å². The molecule has 0 heterocycles. The summed E-state index contributed by atoms with van der Waals surface area (Å²) in [6, 6.07) is 0. The van der Waals surface area contributed by atoms with Crippen LogP contribution in [0.15, 0.2) is 11.8 Å². The molecule has 0 aliphatic rings. The monoisotopic (exact) mass is 129 g/mol. The van der Waals surface area contributed by atoms with Crippen LogP contribution in [0, 0.1) is 5.92 Å². The Hall–Kier alpha value is -0.500. The van der Waals surface area contributed by atoms with Crippen molar-refractivity contribution in [2.45, 2.75) is 26.9 Å². The van der Waals surface area contributed by atoms with E-state index in [0.29, 0.717) is 0 Å². The summed E-state index contributed by atoms with van der Waals surface area (Å²) in [6.45, 7) is 5.74. The molecular formula is C7H15NO. The van der Waals surface area contributed by atoms with Crippen molar-refractivity contribution < 1.29 is 5.11 Å². The van der Waals surface area contributed by atoms with Crippen molar-refractivity contribution in [3.8, 4) is 0 Å². The maximum atomic E-state index is 9.25. The van der Waals surface area contributed by atoms with E-state index in [9.17, 15) is 5.11 Å². The fraction of sp³-hybridized carbons (Fsp3) is 0.714. The van der Waals surface area contributed by atoms with Crippen LogP contribution >= 0.6 is 0 Å². The Morgan fingerprint density at radius 1 is 1.56 bits per heavy atom. The molecule has 0 aromatic heterocycles. The lowest BCUT2D eigenvalue weighted by Gasteiger charge is -2.13. The van der Waals surface area contributed by atoms with Crippen LogP contribution in [-0.2, 0) is 0 Å². The minimum Gasteiger partial charge on any atom is -0.405 e. The summed E-state index contributed by atoms with van der Waals surface area (Å²) >= 11 is 0. The fourth-order valence-corrected chi connectivity index (χ4v) is 0.624. The molecule has 2 nitrogen and oxygen atoms in total. The van der Waals surface area contributed by atoms with Crippen LogP contribution in [0.5, 0.6) is 0 Å². The molecule has 0 spiro atoms. The molecule has 0 aromatic rings. The summed E-state index contributed by atoms with van der Waals surface area (Å²) in [6.07, 6.45) is 1.07. The van der Waals surface area contributed by atoms with E-state index in [1.165, 1.54) is 6.20 Å². The molecule has 9 heavy (non-hydrogen) atoms. The zero-order valence-electron chi connectivity index (χ0n) is 6.26. The average Bonchev–Trinajstić information content (AvgIpc) is 1.84. The lowest BCUT2D eigenvalue weighted by Crippen LogP contribution is -2.16. The van der Waals surface area contributed by atoms with Gasteiger partial charge in [0.05, 0.1) is 6.10 Å². The zero-order valence-corrected chi connectivity index (χ0v) is 6.26. The lowest BCUT2D eigenvalue weighted by molar-refractivity contribution is 0.160. The van der Waals surface area contributed by atoms with Crippen LogP contribution in [0.4, 0.5) is 0 Å². The van der Waals surface area contributed by atoms with Gasteiger partial charge < -0.3 is 10.8 Å². The second-order valence-corrected chi connectivity index (χ2v) is 2.60. The van der Waals surface area contributed by atoms with Gasteiger partial charge >= 0.3 is 0 Å². The Morgan fingerprint density at radius 2 is 2.00 bits per heavy atom. The fourth-order valence-electron chi connectivity index (χ4n) is 0.624. The Balaban J connectivity index is 3.88. The van der Waals surface area contributed by atoms with Gasteiger partial charge in [-0.15, -0.1) is 0 Å². The molecule has 3 N–H and O–H groups in total. The van der Waals surface area contributed by atoms with Crippen LogP contribution in [0.3, 0.4) is 0 Å². The summed E-state index contributed by atoms with van der Waals surface area (Å²) in [5.41, 5.74) is 6.03. The van der Waals surface area contributed by atoms with E-state index in [4.69, 9.17) is 5.73 Å². The quantitative estimate of drug-likeness (QED) is 0.581. The maximum Gasteiger partial charge on any atom is 0.0787 e. The first-order chi connectivity index (χ1) is 4.09. The highest BCUT2D eigenvalue weighted by molar-refractivity contribution is 5.02. The van der Waals surface area contributed by atoms with Gasteiger partial charge in [-0.25, -0.2) is 0 Å². The first-order valence-corrected chi connectivity index (χ1v) is 3.16. The van der Waals surface area contributed by atoms with Gasteiger partial charge in [0, 0.05) is 0 Å². The molecule has 0 radical (unpaired) electrons. The van der Waals surface area contributed by atoms with Crippen molar-refractivity contribution in [2.24, 2.45) is 11.7 Å². The van der Waals surface area contributed by atoms with E-state index >= 15 is 0 Å². The Morgan fingerprint density at radius 3 is 2.11 bits per heavy atom. The number of hydrogen-bond donors (Lipinski definition) is 2. The predicted octanol–water partition coefficient (Wildman–Crippen LogP) is 0.866. The molecule has 0 rings (SSSR count). The van der Waals surface area contributed by atoms with Crippen LogP contribution in [0.25, 0.3) is 0 Å². The summed E-state index contributed by atoms with van der Waals surface area (Å²) < 4.78 is 0. The third-order valence-corrected chi connectivity index (χ3v) is 1.36. The molecule has 1 atom stereocenters. The van der Waals surface area contributed by atoms with Crippen molar-refractivity contribution in [1.29, 1.82) is 0 Å². The largest absolute Gasteiger partial charge is 0.405 e. The highest BCUT2D eigenvalue weighted by Gasteiger charge is 2.09. The van der Waals surface area contributed by atoms with E-state index in [0.717, 1.165) is 5.57 Å². The van der Waals surface area contributed by atoms with Crippen molar-refractivity contribution >= 4 is 0 Å². The van der Waals surface area contributed by atoms with E-state index < -0.39 is 0 Å². The van der Waals surface area contributed by atoms with Gasteiger partial charge in [0.2, 0.25) is 0 Å². The molecule has 0 bridgehead atoms. The first-order valence-electron chi connectivity index (χ1n) is 3.16. The maximum absolute atomic E-state index is 9.25. The smallest absolute Gasteiger partial charge is 0.0787 e. The summed E-state index contributed by atoms with van der Waals surface area (Å²) in [5, 5.41) is 9.25. The number of aliphatic hydroxyl groups is 1. The molecule has 0 saturated heterocycles. The number of nitrogens with two attached hydrogens (primary N) is 1. The minimum atomic E-state index is -0.380. The second kappa shape index (κ2) is 3.51. The predicted molar refractivity (Wildman–Crippen MR) is 38.8 cm³/mol. The highest BCUT2D eigenvalue weighted by Crippen LogP contribution is 2.09. The highest BCUT2D eigenvalue weighted by atomic mass is 16.3. The Kier molecular flexibility index (Phi) is 3.32. The average molecular weight is 129 g/mol. The lowest BCUT2D eigenvalue weighted by atomic mass is 10.0. The summed E-state index contributed by atoms with van der Waals surface area (Å²) in [7, 11) is 0. The molecule has 0 saturated carbocycles. The molecule has 0 aliphatic carbocycles. The third kappa shape index (κ3) is 2.51. The van der Waals surface area contributed by atoms with Gasteiger partial charge in [0.25, 0.3) is 0 Å². The van der Waals surface area contributed by atoms with Crippen molar-refractivity contribution in [3.05, 3.63) is 11.8 Å². The number of aliphatic hydroxyl groups excluding tert-OH is 1. The summed E-state index contributed by atoms with van der Waals surface area (Å²) in [4.78, 5) is 0. The molecule has 2 heteroatoms. The molecule has 0 amide bonds. The van der Waals surface area contributed by atoms with Crippen molar-refractivity contribution in [3.63, 3.8) is 0 Å². The van der Waals surface area contributed by atoms with E-state index in [-0.39, 0.29) is 12.0 Å².